The monoisotopic (exact) mass is 295 g/mol. The van der Waals surface area contributed by atoms with Gasteiger partial charge in [0.15, 0.2) is 5.13 Å². The minimum absolute atomic E-state index is 0.373. The molecule has 0 amide bonds. The average Bonchev–Trinajstić information content (AvgIpc) is 2.80. The second-order valence-corrected chi connectivity index (χ2v) is 6.84. The van der Waals surface area contributed by atoms with Crippen LogP contribution in [0.2, 0.25) is 0 Å². The molecule has 0 aliphatic carbocycles. The topological polar surface area (TPSA) is 56.7 Å². The lowest BCUT2D eigenvalue weighted by atomic mass is 9.97. The van der Waals surface area contributed by atoms with E-state index in [-0.39, 0.29) is 0 Å². The van der Waals surface area contributed by atoms with Gasteiger partial charge in [0.2, 0.25) is 0 Å². The summed E-state index contributed by atoms with van der Waals surface area (Å²) in [5.74, 6) is -0.866. The lowest BCUT2D eigenvalue weighted by molar-refractivity contribution is 0.0701. The minimum atomic E-state index is -0.866. The summed E-state index contributed by atoms with van der Waals surface area (Å²) in [6, 6.07) is 1.01. The lowest BCUT2D eigenvalue weighted by Gasteiger charge is -2.47. The van der Waals surface area contributed by atoms with E-state index in [1.54, 1.807) is 6.92 Å². The average molecular weight is 295 g/mol. The van der Waals surface area contributed by atoms with Crippen molar-refractivity contribution >= 4 is 22.4 Å². The van der Waals surface area contributed by atoms with Crippen molar-refractivity contribution in [2.45, 2.75) is 45.2 Å². The largest absolute Gasteiger partial charge is 0.477 e. The second-order valence-electron chi connectivity index (χ2n) is 5.86. The SMILES string of the molecule is Cc1nc(N2CC3CCCCN3CC2C)sc1C(=O)O. The van der Waals surface area contributed by atoms with E-state index in [4.69, 9.17) is 0 Å². The number of piperidine rings is 1. The third-order valence-electron chi connectivity index (χ3n) is 4.41. The van der Waals surface area contributed by atoms with Crippen molar-refractivity contribution in [3.05, 3.63) is 10.6 Å². The van der Waals surface area contributed by atoms with Crippen LogP contribution in [0.3, 0.4) is 0 Å². The van der Waals surface area contributed by atoms with Gasteiger partial charge in [0.1, 0.15) is 4.88 Å². The third-order valence-corrected chi connectivity index (χ3v) is 5.60. The molecule has 1 aromatic rings. The number of aromatic carboxylic acids is 1. The predicted octanol–water partition coefficient (Wildman–Crippen LogP) is 2.21. The number of hydrogen-bond donors (Lipinski definition) is 1. The lowest BCUT2D eigenvalue weighted by Crippen LogP contribution is -2.58. The number of nitrogens with zero attached hydrogens (tertiary/aromatic N) is 3. The summed E-state index contributed by atoms with van der Waals surface area (Å²) in [6.07, 6.45) is 3.86. The van der Waals surface area contributed by atoms with Crippen LogP contribution >= 0.6 is 11.3 Å². The van der Waals surface area contributed by atoms with Crippen LogP contribution in [0.15, 0.2) is 0 Å². The van der Waals surface area contributed by atoms with E-state index in [2.05, 4.69) is 21.7 Å². The molecular formula is C14H21N3O2S. The van der Waals surface area contributed by atoms with E-state index in [1.807, 2.05) is 0 Å². The summed E-state index contributed by atoms with van der Waals surface area (Å²) < 4.78 is 0. The molecule has 2 saturated heterocycles. The van der Waals surface area contributed by atoms with E-state index in [1.165, 1.54) is 37.1 Å². The summed E-state index contributed by atoms with van der Waals surface area (Å²) in [6.45, 7) is 7.24. The van der Waals surface area contributed by atoms with Gasteiger partial charge in [0.25, 0.3) is 0 Å². The van der Waals surface area contributed by atoms with Crippen molar-refractivity contribution < 1.29 is 9.90 Å². The zero-order valence-corrected chi connectivity index (χ0v) is 12.8. The zero-order valence-electron chi connectivity index (χ0n) is 12.0. The van der Waals surface area contributed by atoms with Gasteiger partial charge in [0.05, 0.1) is 5.69 Å². The number of anilines is 1. The number of aromatic nitrogens is 1. The van der Waals surface area contributed by atoms with Crippen LogP contribution in [0.4, 0.5) is 5.13 Å². The van der Waals surface area contributed by atoms with Gasteiger partial charge in [0, 0.05) is 25.2 Å². The predicted molar refractivity (Wildman–Crippen MR) is 79.8 cm³/mol. The Morgan fingerprint density at radius 2 is 2.20 bits per heavy atom. The van der Waals surface area contributed by atoms with Crippen molar-refractivity contribution in [3.63, 3.8) is 0 Å². The van der Waals surface area contributed by atoms with E-state index in [0.29, 0.717) is 22.7 Å². The Kier molecular flexibility index (Phi) is 3.69. The fourth-order valence-electron chi connectivity index (χ4n) is 3.32. The van der Waals surface area contributed by atoms with Crippen LogP contribution in [0.5, 0.6) is 0 Å². The summed E-state index contributed by atoms with van der Waals surface area (Å²) in [5, 5.41) is 10.0. The highest BCUT2D eigenvalue weighted by molar-refractivity contribution is 7.17. The first kappa shape index (κ1) is 13.8. The summed E-state index contributed by atoms with van der Waals surface area (Å²) in [4.78, 5) is 20.9. The number of carboxylic acid groups (broad SMARTS) is 1. The molecular weight excluding hydrogens is 274 g/mol. The molecule has 2 atom stereocenters. The van der Waals surface area contributed by atoms with Gasteiger partial charge in [-0.05, 0) is 33.2 Å². The third kappa shape index (κ3) is 2.42. The van der Waals surface area contributed by atoms with E-state index < -0.39 is 5.97 Å². The van der Waals surface area contributed by atoms with Crippen molar-refractivity contribution in [2.24, 2.45) is 0 Å². The van der Waals surface area contributed by atoms with Crippen LogP contribution in [0.25, 0.3) is 0 Å². The van der Waals surface area contributed by atoms with E-state index in [0.717, 1.165) is 18.2 Å². The Morgan fingerprint density at radius 1 is 1.40 bits per heavy atom. The molecule has 0 radical (unpaired) electrons. The molecule has 1 N–H and O–H groups in total. The normalized spacial score (nSPS) is 27.4. The Morgan fingerprint density at radius 3 is 2.90 bits per heavy atom. The molecule has 0 saturated carbocycles. The van der Waals surface area contributed by atoms with Crippen LogP contribution in [-0.4, -0.2) is 52.7 Å². The van der Waals surface area contributed by atoms with Crippen LogP contribution < -0.4 is 4.90 Å². The molecule has 5 nitrogen and oxygen atoms in total. The Hall–Kier alpha value is -1.14. The van der Waals surface area contributed by atoms with E-state index in [9.17, 15) is 9.90 Å². The van der Waals surface area contributed by atoms with Crippen LogP contribution in [0, 0.1) is 6.92 Å². The smallest absolute Gasteiger partial charge is 0.347 e. The molecule has 2 aliphatic rings. The Bertz CT molecular complexity index is 517. The number of carboxylic acids is 1. The number of aryl methyl sites for hydroxylation is 1. The molecule has 0 aromatic carbocycles. The van der Waals surface area contributed by atoms with Gasteiger partial charge >= 0.3 is 5.97 Å². The molecule has 3 rings (SSSR count). The fourth-order valence-corrected chi connectivity index (χ4v) is 4.34. The highest BCUT2D eigenvalue weighted by Gasteiger charge is 2.34. The Balaban J connectivity index is 1.82. The van der Waals surface area contributed by atoms with Gasteiger partial charge in [-0.15, -0.1) is 0 Å². The van der Waals surface area contributed by atoms with Crippen molar-refractivity contribution in [3.8, 4) is 0 Å². The van der Waals surface area contributed by atoms with Crippen molar-refractivity contribution in [1.29, 1.82) is 0 Å². The standard InChI is InChI=1S/C14H21N3O2S/c1-9-7-16-6-4-3-5-11(16)8-17(9)14-15-10(2)12(20-14)13(18)19/h9,11H,3-8H2,1-2H3,(H,18,19). The molecule has 3 heterocycles. The highest BCUT2D eigenvalue weighted by atomic mass is 32.1. The number of piperazine rings is 1. The van der Waals surface area contributed by atoms with Crippen LogP contribution in [0.1, 0.15) is 41.6 Å². The summed E-state index contributed by atoms with van der Waals surface area (Å²) in [7, 11) is 0. The molecule has 0 bridgehead atoms. The number of fused-ring (bicyclic) bond motifs is 1. The number of thiazole rings is 1. The maximum absolute atomic E-state index is 11.2. The van der Waals surface area contributed by atoms with Crippen molar-refractivity contribution in [2.75, 3.05) is 24.5 Å². The number of carbonyl (C=O) groups is 1. The molecule has 2 unspecified atom stereocenters. The molecule has 0 spiro atoms. The van der Waals surface area contributed by atoms with Crippen LogP contribution in [-0.2, 0) is 0 Å². The molecule has 20 heavy (non-hydrogen) atoms. The Labute approximate surface area is 123 Å². The minimum Gasteiger partial charge on any atom is -0.477 e. The zero-order chi connectivity index (χ0) is 14.3. The molecule has 2 fully saturated rings. The molecule has 110 valence electrons. The first-order valence-corrected chi connectivity index (χ1v) is 8.09. The van der Waals surface area contributed by atoms with Gasteiger partial charge in [-0.3, -0.25) is 4.90 Å². The second kappa shape index (κ2) is 5.33. The molecule has 2 aliphatic heterocycles. The first-order valence-electron chi connectivity index (χ1n) is 7.27. The van der Waals surface area contributed by atoms with Gasteiger partial charge in [-0.25, -0.2) is 9.78 Å². The fraction of sp³-hybridized carbons (Fsp3) is 0.714. The van der Waals surface area contributed by atoms with Crippen molar-refractivity contribution in [1.82, 2.24) is 9.88 Å². The number of rotatable bonds is 2. The van der Waals surface area contributed by atoms with Gasteiger partial charge in [-0.2, -0.15) is 0 Å². The quantitative estimate of drug-likeness (QED) is 0.906. The summed E-state index contributed by atoms with van der Waals surface area (Å²) >= 11 is 1.31. The highest BCUT2D eigenvalue weighted by Crippen LogP contribution is 2.32. The van der Waals surface area contributed by atoms with Gasteiger partial charge in [-0.1, -0.05) is 17.8 Å². The molecule has 6 heteroatoms. The summed E-state index contributed by atoms with van der Waals surface area (Å²) in [5.41, 5.74) is 0.635. The molecule has 1 aromatic heterocycles. The maximum Gasteiger partial charge on any atom is 0.347 e. The van der Waals surface area contributed by atoms with Gasteiger partial charge < -0.3 is 10.0 Å². The number of hydrogen-bond acceptors (Lipinski definition) is 5. The maximum atomic E-state index is 11.2. The first-order chi connectivity index (χ1) is 9.56. The van der Waals surface area contributed by atoms with E-state index >= 15 is 0 Å².